The van der Waals surface area contributed by atoms with Gasteiger partial charge in [0, 0.05) is 30.9 Å². The normalized spacial score (nSPS) is 15.2. The number of aryl methyl sites for hydroxylation is 1. The van der Waals surface area contributed by atoms with Crippen LogP contribution in [0.15, 0.2) is 36.4 Å². The van der Waals surface area contributed by atoms with Crippen molar-refractivity contribution in [3.63, 3.8) is 0 Å². The fraction of sp³-hybridized carbons (Fsp3) is 0.286. The molecule has 0 atom stereocenters. The Morgan fingerprint density at radius 2 is 1.86 bits per heavy atom. The smallest absolute Gasteiger partial charge is 0.156 e. The lowest BCUT2D eigenvalue weighted by atomic mass is 10.1. The Hall–Kier alpha value is -3.26. The SMILES string of the molecule is Cc1cc(Nc2cc(N3CCC(O)CC3)nc(/C=C/c3ccc(F)cc3)n2)n[nH]1. The average Bonchev–Trinajstić information content (AvgIpc) is 3.12. The van der Waals surface area contributed by atoms with Gasteiger partial charge in [-0.3, -0.25) is 5.10 Å². The topological polar surface area (TPSA) is 90.0 Å². The van der Waals surface area contributed by atoms with Crippen molar-refractivity contribution in [1.82, 2.24) is 20.2 Å². The first-order valence-corrected chi connectivity index (χ1v) is 9.60. The summed E-state index contributed by atoms with van der Waals surface area (Å²) in [5, 5.41) is 20.1. The van der Waals surface area contributed by atoms with E-state index in [4.69, 9.17) is 0 Å². The van der Waals surface area contributed by atoms with Crippen LogP contribution in [0, 0.1) is 12.7 Å². The molecule has 0 amide bonds. The maximum absolute atomic E-state index is 13.1. The number of nitrogens with zero attached hydrogens (tertiary/aromatic N) is 4. The minimum absolute atomic E-state index is 0.254. The molecule has 3 N–H and O–H groups in total. The van der Waals surface area contributed by atoms with Crippen molar-refractivity contribution in [2.45, 2.75) is 25.9 Å². The number of hydrogen-bond donors (Lipinski definition) is 3. The molecular weight excluding hydrogens is 371 g/mol. The molecule has 2 aromatic heterocycles. The van der Waals surface area contributed by atoms with Gasteiger partial charge in [0.1, 0.15) is 17.5 Å². The summed E-state index contributed by atoms with van der Waals surface area (Å²) in [6, 6.07) is 10.0. The highest BCUT2D eigenvalue weighted by atomic mass is 19.1. The monoisotopic (exact) mass is 394 g/mol. The van der Waals surface area contributed by atoms with Crippen molar-refractivity contribution in [3.05, 3.63) is 59.3 Å². The third kappa shape index (κ3) is 4.97. The van der Waals surface area contributed by atoms with Gasteiger partial charge in [0.2, 0.25) is 0 Å². The van der Waals surface area contributed by atoms with Crippen molar-refractivity contribution in [3.8, 4) is 0 Å². The molecule has 0 bridgehead atoms. The van der Waals surface area contributed by atoms with Crippen LogP contribution in [-0.2, 0) is 0 Å². The second kappa shape index (κ2) is 8.40. The molecule has 1 aliphatic rings. The van der Waals surface area contributed by atoms with E-state index in [1.165, 1.54) is 12.1 Å². The van der Waals surface area contributed by atoms with Gasteiger partial charge < -0.3 is 15.3 Å². The Labute approximate surface area is 168 Å². The molecule has 1 saturated heterocycles. The maximum Gasteiger partial charge on any atom is 0.156 e. The van der Waals surface area contributed by atoms with Gasteiger partial charge in [0.05, 0.1) is 6.10 Å². The number of aliphatic hydroxyl groups is 1. The Morgan fingerprint density at radius 3 is 2.55 bits per heavy atom. The number of aromatic amines is 1. The zero-order chi connectivity index (χ0) is 20.2. The molecule has 1 fully saturated rings. The van der Waals surface area contributed by atoms with Crippen LogP contribution < -0.4 is 10.2 Å². The summed E-state index contributed by atoms with van der Waals surface area (Å²) in [4.78, 5) is 11.4. The van der Waals surface area contributed by atoms with Gasteiger partial charge in [0.25, 0.3) is 0 Å². The van der Waals surface area contributed by atoms with Crippen molar-refractivity contribution in [1.29, 1.82) is 0 Å². The lowest BCUT2D eigenvalue weighted by molar-refractivity contribution is 0.145. The number of aromatic nitrogens is 4. The van der Waals surface area contributed by atoms with Gasteiger partial charge in [-0.1, -0.05) is 18.2 Å². The first kappa shape index (κ1) is 19.1. The van der Waals surface area contributed by atoms with Gasteiger partial charge >= 0.3 is 0 Å². The lowest BCUT2D eigenvalue weighted by Crippen LogP contribution is -2.36. The third-order valence-electron chi connectivity index (χ3n) is 4.78. The molecule has 150 valence electrons. The standard InChI is InChI=1S/C21H23FN6O/c1-14-12-20(27-26-14)24-19-13-21(28-10-8-17(29)9-11-28)25-18(23-19)7-4-15-2-5-16(22)6-3-15/h2-7,12-13,17,29H,8-11H2,1H3,(H2,23,24,25,26,27)/b7-4+. The summed E-state index contributed by atoms with van der Waals surface area (Å²) >= 11 is 0. The number of nitrogens with one attached hydrogen (secondary N) is 2. The summed E-state index contributed by atoms with van der Waals surface area (Å²) in [5.74, 6) is 2.36. The van der Waals surface area contributed by atoms with Crippen LogP contribution in [0.2, 0.25) is 0 Å². The van der Waals surface area contributed by atoms with Crippen LogP contribution in [0.5, 0.6) is 0 Å². The number of halogens is 1. The Kier molecular flexibility index (Phi) is 5.53. The zero-order valence-electron chi connectivity index (χ0n) is 16.1. The molecule has 0 spiro atoms. The second-order valence-electron chi connectivity index (χ2n) is 7.13. The molecular formula is C21H23FN6O. The van der Waals surface area contributed by atoms with E-state index in [-0.39, 0.29) is 11.9 Å². The van der Waals surface area contributed by atoms with E-state index in [0.717, 1.165) is 30.2 Å². The van der Waals surface area contributed by atoms with Gasteiger partial charge in [0.15, 0.2) is 11.6 Å². The maximum atomic E-state index is 13.1. The van der Waals surface area contributed by atoms with Crippen LogP contribution in [0.25, 0.3) is 12.2 Å². The molecule has 3 aromatic rings. The van der Waals surface area contributed by atoms with E-state index in [0.29, 0.717) is 30.3 Å². The number of H-pyrrole nitrogens is 1. The minimum atomic E-state index is -0.270. The second-order valence-corrected chi connectivity index (χ2v) is 7.13. The largest absolute Gasteiger partial charge is 0.393 e. The van der Waals surface area contributed by atoms with Crippen LogP contribution >= 0.6 is 0 Å². The fourth-order valence-corrected chi connectivity index (χ4v) is 3.21. The number of anilines is 3. The van der Waals surface area contributed by atoms with Crippen molar-refractivity contribution < 1.29 is 9.50 Å². The summed E-state index contributed by atoms with van der Waals surface area (Å²) < 4.78 is 13.1. The summed E-state index contributed by atoms with van der Waals surface area (Å²) in [6.07, 6.45) is 4.82. The van der Waals surface area contributed by atoms with E-state index in [9.17, 15) is 9.50 Å². The minimum Gasteiger partial charge on any atom is -0.393 e. The van der Waals surface area contributed by atoms with Crippen molar-refractivity contribution >= 4 is 29.6 Å². The van der Waals surface area contributed by atoms with Gasteiger partial charge in [-0.2, -0.15) is 5.10 Å². The van der Waals surface area contributed by atoms with Gasteiger partial charge in [-0.15, -0.1) is 0 Å². The molecule has 0 saturated carbocycles. The van der Waals surface area contributed by atoms with Crippen molar-refractivity contribution in [2.75, 3.05) is 23.3 Å². The Balaban J connectivity index is 1.62. The number of aliphatic hydroxyl groups excluding tert-OH is 1. The summed E-state index contributed by atoms with van der Waals surface area (Å²) in [5.41, 5.74) is 1.81. The predicted molar refractivity (Wildman–Crippen MR) is 111 cm³/mol. The fourth-order valence-electron chi connectivity index (χ4n) is 3.21. The van der Waals surface area contributed by atoms with Crippen LogP contribution in [0.4, 0.5) is 21.8 Å². The number of rotatable bonds is 5. The Morgan fingerprint density at radius 1 is 1.10 bits per heavy atom. The summed E-state index contributed by atoms with van der Waals surface area (Å²) in [7, 11) is 0. The molecule has 0 unspecified atom stereocenters. The first-order chi connectivity index (χ1) is 14.0. The van der Waals surface area contributed by atoms with E-state index < -0.39 is 0 Å². The molecule has 3 heterocycles. The lowest BCUT2D eigenvalue weighted by Gasteiger charge is -2.30. The Bertz CT molecular complexity index is 993. The predicted octanol–water partition coefficient (Wildman–Crippen LogP) is 3.52. The van der Waals surface area contributed by atoms with Gasteiger partial charge in [-0.25, -0.2) is 14.4 Å². The summed E-state index contributed by atoms with van der Waals surface area (Å²) in [6.45, 7) is 3.40. The molecule has 0 aliphatic carbocycles. The molecule has 7 nitrogen and oxygen atoms in total. The third-order valence-corrected chi connectivity index (χ3v) is 4.78. The highest BCUT2D eigenvalue weighted by Gasteiger charge is 2.19. The highest BCUT2D eigenvalue weighted by Crippen LogP contribution is 2.23. The molecule has 8 heteroatoms. The zero-order valence-corrected chi connectivity index (χ0v) is 16.1. The van der Waals surface area contributed by atoms with Crippen LogP contribution in [-0.4, -0.2) is 44.5 Å². The molecule has 1 aromatic carbocycles. The first-order valence-electron chi connectivity index (χ1n) is 9.60. The van der Waals surface area contributed by atoms with E-state index in [2.05, 4.69) is 30.4 Å². The number of benzene rings is 1. The van der Waals surface area contributed by atoms with E-state index in [1.54, 1.807) is 18.2 Å². The van der Waals surface area contributed by atoms with E-state index in [1.807, 2.05) is 25.1 Å². The quantitative estimate of drug-likeness (QED) is 0.613. The molecule has 4 rings (SSSR count). The number of piperidine rings is 1. The molecule has 29 heavy (non-hydrogen) atoms. The number of hydrogen-bond acceptors (Lipinski definition) is 6. The molecule has 0 radical (unpaired) electrons. The molecule has 1 aliphatic heterocycles. The van der Waals surface area contributed by atoms with Crippen molar-refractivity contribution in [2.24, 2.45) is 0 Å². The van der Waals surface area contributed by atoms with Crippen LogP contribution in [0.3, 0.4) is 0 Å². The van der Waals surface area contributed by atoms with Gasteiger partial charge in [-0.05, 0) is 43.5 Å². The van der Waals surface area contributed by atoms with Crippen LogP contribution in [0.1, 0.15) is 29.9 Å². The average molecular weight is 394 g/mol. The van der Waals surface area contributed by atoms with E-state index >= 15 is 0 Å². The highest BCUT2D eigenvalue weighted by molar-refractivity contribution is 5.69.